The molecule has 0 amide bonds. The molecule has 1 aliphatic carbocycles. The van der Waals surface area contributed by atoms with Crippen LogP contribution in [0.15, 0.2) is 24.7 Å². The SMILES string of the molecule is CC(C)n1cc(Nc2nc(N)c3ccn(SI)c3n2)cn1.CCC1CCC1. The Morgan fingerprint density at radius 3 is 2.67 bits per heavy atom. The summed E-state index contributed by atoms with van der Waals surface area (Å²) in [5.74, 6) is 2.04. The molecule has 27 heavy (non-hydrogen) atoms. The van der Waals surface area contributed by atoms with Crippen LogP contribution in [-0.4, -0.2) is 23.7 Å². The van der Waals surface area contributed by atoms with Gasteiger partial charge < -0.3 is 11.1 Å². The third-order valence-electron chi connectivity index (χ3n) is 4.80. The van der Waals surface area contributed by atoms with Crippen molar-refractivity contribution in [2.24, 2.45) is 5.92 Å². The van der Waals surface area contributed by atoms with E-state index in [0.29, 0.717) is 17.8 Å². The number of nitrogen functional groups attached to an aromatic ring is 1. The van der Waals surface area contributed by atoms with Crippen molar-refractivity contribution in [3.8, 4) is 0 Å². The van der Waals surface area contributed by atoms with Crippen molar-refractivity contribution in [1.29, 1.82) is 0 Å². The topological polar surface area (TPSA) is 86.6 Å². The number of rotatable bonds is 5. The van der Waals surface area contributed by atoms with Crippen LogP contribution in [0.1, 0.15) is 52.5 Å². The largest absolute Gasteiger partial charge is 0.383 e. The zero-order valence-corrected chi connectivity index (χ0v) is 18.9. The molecule has 0 atom stereocenters. The van der Waals surface area contributed by atoms with Gasteiger partial charge in [0.2, 0.25) is 5.95 Å². The molecule has 0 aliphatic heterocycles. The van der Waals surface area contributed by atoms with Crippen molar-refractivity contribution in [1.82, 2.24) is 23.7 Å². The second-order valence-corrected chi connectivity index (χ2v) is 8.73. The first-order valence-electron chi connectivity index (χ1n) is 9.26. The summed E-state index contributed by atoms with van der Waals surface area (Å²) in [6.07, 6.45) is 11.5. The maximum atomic E-state index is 6.00. The van der Waals surface area contributed by atoms with E-state index in [1.165, 1.54) is 34.8 Å². The van der Waals surface area contributed by atoms with Crippen LogP contribution in [-0.2, 0) is 0 Å². The fraction of sp³-hybridized carbons (Fsp3) is 0.500. The van der Waals surface area contributed by atoms with Gasteiger partial charge in [-0.05, 0) is 25.8 Å². The van der Waals surface area contributed by atoms with Crippen molar-refractivity contribution >= 4 is 58.8 Å². The third-order valence-corrected chi connectivity index (χ3v) is 6.52. The molecule has 0 spiro atoms. The van der Waals surface area contributed by atoms with Gasteiger partial charge in [-0.25, -0.2) is 0 Å². The second-order valence-electron chi connectivity index (χ2n) is 7.01. The van der Waals surface area contributed by atoms with E-state index in [9.17, 15) is 0 Å². The summed E-state index contributed by atoms with van der Waals surface area (Å²) in [6.45, 7) is 6.42. The molecule has 1 saturated carbocycles. The summed E-state index contributed by atoms with van der Waals surface area (Å²) in [5, 5.41) is 8.27. The lowest BCUT2D eigenvalue weighted by Gasteiger charge is -2.22. The highest BCUT2D eigenvalue weighted by Gasteiger charge is 2.13. The first kappa shape index (κ1) is 20.2. The fourth-order valence-corrected chi connectivity index (χ4v) is 4.11. The number of aromatic nitrogens is 5. The molecule has 3 N–H and O–H groups in total. The second kappa shape index (κ2) is 9.13. The van der Waals surface area contributed by atoms with Gasteiger partial charge in [-0.15, -0.1) is 0 Å². The Morgan fingerprint density at radius 1 is 1.37 bits per heavy atom. The van der Waals surface area contributed by atoms with Crippen LogP contribution < -0.4 is 11.1 Å². The molecule has 3 aromatic rings. The third kappa shape index (κ3) is 4.87. The van der Waals surface area contributed by atoms with Gasteiger partial charge in [-0.2, -0.15) is 15.1 Å². The quantitative estimate of drug-likeness (QED) is 0.446. The summed E-state index contributed by atoms with van der Waals surface area (Å²) in [4.78, 5) is 8.81. The van der Waals surface area contributed by atoms with E-state index in [-0.39, 0.29) is 0 Å². The molecule has 4 rings (SSSR count). The summed E-state index contributed by atoms with van der Waals surface area (Å²) >= 11 is 2.20. The van der Waals surface area contributed by atoms with Crippen LogP contribution in [0.25, 0.3) is 11.0 Å². The maximum absolute atomic E-state index is 6.00. The monoisotopic (exact) mass is 499 g/mol. The number of hydrogen-bond donors (Lipinski definition) is 2. The zero-order chi connectivity index (χ0) is 19.4. The molecule has 0 bridgehead atoms. The number of halogens is 1. The molecule has 146 valence electrons. The number of hydrogen-bond acceptors (Lipinski definition) is 6. The molecular weight excluding hydrogens is 473 g/mol. The number of fused-ring (bicyclic) bond motifs is 1. The van der Waals surface area contributed by atoms with Gasteiger partial charge in [0, 0.05) is 48.8 Å². The van der Waals surface area contributed by atoms with Gasteiger partial charge >= 0.3 is 0 Å². The summed E-state index contributed by atoms with van der Waals surface area (Å²) in [5.41, 5.74) is 7.62. The molecule has 0 unspecified atom stereocenters. The normalized spacial score (nSPS) is 14.1. The first-order chi connectivity index (χ1) is 13.0. The first-order valence-corrected chi connectivity index (χ1v) is 12.6. The lowest BCUT2D eigenvalue weighted by Crippen LogP contribution is -2.08. The molecule has 3 aromatic heterocycles. The highest BCUT2D eigenvalue weighted by Crippen LogP contribution is 2.29. The van der Waals surface area contributed by atoms with Gasteiger partial charge in [0.25, 0.3) is 0 Å². The van der Waals surface area contributed by atoms with Gasteiger partial charge in [-0.3, -0.25) is 8.65 Å². The minimum Gasteiger partial charge on any atom is -0.383 e. The highest BCUT2D eigenvalue weighted by molar-refractivity contribution is 14.2. The Balaban J connectivity index is 0.000000299. The summed E-state index contributed by atoms with van der Waals surface area (Å²) in [6, 6.07) is 2.22. The van der Waals surface area contributed by atoms with E-state index in [2.05, 4.69) is 62.4 Å². The van der Waals surface area contributed by atoms with Crippen molar-refractivity contribution in [3.05, 3.63) is 24.7 Å². The maximum Gasteiger partial charge on any atom is 0.231 e. The van der Waals surface area contributed by atoms with Crippen molar-refractivity contribution in [3.63, 3.8) is 0 Å². The number of nitrogens with one attached hydrogen (secondary N) is 1. The van der Waals surface area contributed by atoms with Crippen LogP contribution in [0.3, 0.4) is 0 Å². The van der Waals surface area contributed by atoms with E-state index in [1.807, 2.05) is 27.1 Å². The zero-order valence-electron chi connectivity index (χ0n) is 15.9. The molecule has 1 aliphatic rings. The minimum atomic E-state index is 0.307. The Morgan fingerprint density at radius 2 is 2.15 bits per heavy atom. The highest BCUT2D eigenvalue weighted by atomic mass is 127. The van der Waals surface area contributed by atoms with Gasteiger partial charge in [0.05, 0.1) is 17.3 Å². The smallest absolute Gasteiger partial charge is 0.231 e. The lowest BCUT2D eigenvalue weighted by atomic mass is 9.84. The summed E-state index contributed by atoms with van der Waals surface area (Å²) in [7, 11) is 1.53. The van der Waals surface area contributed by atoms with E-state index < -0.39 is 0 Å². The molecule has 0 radical (unpaired) electrons. The van der Waals surface area contributed by atoms with Crippen LogP contribution in [0.4, 0.5) is 17.5 Å². The van der Waals surface area contributed by atoms with Crippen LogP contribution in [0.2, 0.25) is 0 Å². The summed E-state index contributed by atoms with van der Waals surface area (Å²) < 4.78 is 3.81. The molecule has 1 fully saturated rings. The van der Waals surface area contributed by atoms with Crippen molar-refractivity contribution in [2.45, 2.75) is 52.5 Å². The average molecular weight is 499 g/mol. The fourth-order valence-electron chi connectivity index (χ4n) is 2.84. The van der Waals surface area contributed by atoms with Gasteiger partial charge in [-0.1, -0.05) is 32.6 Å². The minimum absolute atomic E-state index is 0.307. The number of nitrogens with two attached hydrogens (primary N) is 1. The van der Waals surface area contributed by atoms with Crippen LogP contribution >= 0.6 is 30.3 Å². The molecule has 0 aromatic carbocycles. The Labute approximate surface area is 176 Å². The molecule has 3 heterocycles. The Hall–Kier alpha value is -1.49. The van der Waals surface area contributed by atoms with E-state index >= 15 is 0 Å². The molecule has 9 heteroatoms. The van der Waals surface area contributed by atoms with Gasteiger partial charge in [0.1, 0.15) is 5.82 Å². The van der Waals surface area contributed by atoms with E-state index in [1.54, 1.807) is 6.20 Å². The van der Waals surface area contributed by atoms with Gasteiger partial charge in [0.15, 0.2) is 5.65 Å². The Kier molecular flexibility index (Phi) is 6.85. The van der Waals surface area contributed by atoms with Crippen molar-refractivity contribution in [2.75, 3.05) is 11.1 Å². The number of anilines is 3. The average Bonchev–Trinajstić information content (AvgIpc) is 3.21. The van der Waals surface area contributed by atoms with E-state index in [4.69, 9.17) is 5.73 Å². The molecule has 7 nitrogen and oxygen atoms in total. The van der Waals surface area contributed by atoms with E-state index in [0.717, 1.165) is 22.6 Å². The number of nitrogens with zero attached hydrogens (tertiary/aromatic N) is 5. The van der Waals surface area contributed by atoms with Crippen LogP contribution in [0.5, 0.6) is 0 Å². The van der Waals surface area contributed by atoms with Crippen molar-refractivity contribution < 1.29 is 0 Å². The Bertz CT molecular complexity index is 882. The van der Waals surface area contributed by atoms with Crippen LogP contribution in [0, 0.1) is 5.92 Å². The molecule has 0 saturated heterocycles. The lowest BCUT2D eigenvalue weighted by molar-refractivity contribution is 0.307. The predicted octanol–water partition coefficient (Wildman–Crippen LogP) is 5.58. The predicted molar refractivity (Wildman–Crippen MR) is 122 cm³/mol. The standard InChI is InChI=1S/C12H14IN7S.C6H12/c1-7(2)19-6-8(5-15-19)16-12-17-10(14)9-3-4-20(21-13)11(9)18-12;1-2-6-4-3-5-6/h3-7H,1-2H3,(H3,14,16,17,18);6H,2-5H2,1H3. The molecular formula is C18H26IN7S.